The Morgan fingerprint density at radius 2 is 1.36 bits per heavy atom. The van der Waals surface area contributed by atoms with E-state index in [4.69, 9.17) is 0 Å². The zero-order valence-corrected chi connectivity index (χ0v) is 10.8. The molecule has 0 saturated heterocycles. The monoisotopic (exact) mass is 202 g/mol. The number of hydrogen-bond donors (Lipinski definition) is 0. The topological polar surface area (TPSA) is 34.1 Å². The number of Topliss-reactive ketones (excluding diaryl/α,β-unsaturated/α-hetero) is 2. The molecule has 14 heavy (non-hydrogen) atoms. The van der Waals surface area contributed by atoms with Crippen LogP contribution >= 0.6 is 0 Å². The van der Waals surface area contributed by atoms with E-state index in [0.29, 0.717) is 12.2 Å². The molecule has 0 aromatic heterocycles. The van der Waals surface area contributed by atoms with Gasteiger partial charge in [0.2, 0.25) is 0 Å². The molecule has 0 amide bonds. The maximum Gasteiger partial charge on any atom is 0.132 e. The maximum absolute atomic E-state index is 10.4. The van der Waals surface area contributed by atoms with Gasteiger partial charge in [-0.05, 0) is 20.3 Å². The van der Waals surface area contributed by atoms with Crippen molar-refractivity contribution in [3.8, 4) is 0 Å². The first-order valence-corrected chi connectivity index (χ1v) is 5.45. The number of ketones is 2. The summed E-state index contributed by atoms with van der Waals surface area (Å²) < 4.78 is 0. The molecule has 0 bridgehead atoms. The molecule has 0 aromatic rings. The van der Waals surface area contributed by atoms with Crippen LogP contribution in [0.5, 0.6) is 0 Å². The summed E-state index contributed by atoms with van der Waals surface area (Å²) >= 11 is 0. The van der Waals surface area contributed by atoms with Crippen molar-refractivity contribution in [3.05, 3.63) is 0 Å². The Kier molecular flexibility index (Phi) is 20.1. The van der Waals surface area contributed by atoms with Gasteiger partial charge in [0.15, 0.2) is 0 Å². The molecular formula is C12H26O2. The summed E-state index contributed by atoms with van der Waals surface area (Å²) in [5.41, 5.74) is 0. The fourth-order valence-corrected chi connectivity index (χ4v) is 0.287. The predicted octanol–water partition coefficient (Wildman–Crippen LogP) is 3.63. The highest BCUT2D eigenvalue weighted by Crippen LogP contribution is 1.99. The SMILES string of the molecule is CC.CCC(C)=O.CCC(C)C(C)=O. The van der Waals surface area contributed by atoms with Gasteiger partial charge in [-0.2, -0.15) is 0 Å². The van der Waals surface area contributed by atoms with Gasteiger partial charge in [0.1, 0.15) is 11.6 Å². The Morgan fingerprint density at radius 1 is 1.07 bits per heavy atom. The molecule has 0 aromatic carbocycles. The lowest BCUT2D eigenvalue weighted by Crippen LogP contribution is -2.03. The number of rotatable bonds is 3. The highest BCUT2D eigenvalue weighted by Gasteiger charge is 2.01. The summed E-state index contributed by atoms with van der Waals surface area (Å²) in [6.45, 7) is 13.0. The van der Waals surface area contributed by atoms with E-state index < -0.39 is 0 Å². The van der Waals surface area contributed by atoms with Crippen LogP contribution in [0.3, 0.4) is 0 Å². The van der Waals surface area contributed by atoms with E-state index in [1.807, 2.05) is 34.6 Å². The second-order valence-electron chi connectivity index (χ2n) is 2.98. The van der Waals surface area contributed by atoms with Gasteiger partial charge in [-0.1, -0.05) is 34.6 Å². The van der Waals surface area contributed by atoms with E-state index in [1.54, 1.807) is 13.8 Å². The summed E-state index contributed by atoms with van der Waals surface area (Å²) in [6.07, 6.45) is 1.63. The Balaban J connectivity index is -0.000000152. The average molecular weight is 202 g/mol. The van der Waals surface area contributed by atoms with Gasteiger partial charge in [0.25, 0.3) is 0 Å². The molecular weight excluding hydrogens is 176 g/mol. The zero-order valence-electron chi connectivity index (χ0n) is 10.8. The maximum atomic E-state index is 10.4. The van der Waals surface area contributed by atoms with Crippen LogP contribution in [-0.4, -0.2) is 11.6 Å². The molecule has 0 spiro atoms. The molecule has 1 atom stereocenters. The Bertz CT molecular complexity index is 139. The van der Waals surface area contributed by atoms with Gasteiger partial charge in [-0.3, -0.25) is 4.79 Å². The summed E-state index contributed by atoms with van der Waals surface area (Å²) in [6, 6.07) is 0. The van der Waals surface area contributed by atoms with Crippen molar-refractivity contribution in [2.24, 2.45) is 5.92 Å². The van der Waals surface area contributed by atoms with Crippen molar-refractivity contribution in [2.75, 3.05) is 0 Å². The van der Waals surface area contributed by atoms with Crippen molar-refractivity contribution < 1.29 is 9.59 Å². The molecule has 2 nitrogen and oxygen atoms in total. The van der Waals surface area contributed by atoms with Crippen molar-refractivity contribution in [3.63, 3.8) is 0 Å². The minimum Gasteiger partial charge on any atom is -0.300 e. The van der Waals surface area contributed by atoms with Crippen LogP contribution in [0, 0.1) is 5.92 Å². The quantitative estimate of drug-likeness (QED) is 0.700. The van der Waals surface area contributed by atoms with Crippen molar-refractivity contribution in [2.45, 2.75) is 61.3 Å². The first-order valence-electron chi connectivity index (χ1n) is 5.45. The summed E-state index contributed by atoms with van der Waals surface area (Å²) in [5.74, 6) is 0.812. The van der Waals surface area contributed by atoms with Gasteiger partial charge in [0.05, 0.1) is 0 Å². The number of hydrogen-bond acceptors (Lipinski definition) is 2. The van der Waals surface area contributed by atoms with Crippen LogP contribution in [-0.2, 0) is 9.59 Å². The van der Waals surface area contributed by atoms with Crippen LogP contribution in [0.15, 0.2) is 0 Å². The molecule has 0 saturated carbocycles. The van der Waals surface area contributed by atoms with Gasteiger partial charge in [0, 0.05) is 12.3 Å². The first-order chi connectivity index (χ1) is 6.45. The summed E-state index contributed by atoms with van der Waals surface area (Å²) in [7, 11) is 0. The lowest BCUT2D eigenvalue weighted by atomic mass is 10.1. The van der Waals surface area contributed by atoms with Crippen molar-refractivity contribution in [1.29, 1.82) is 0 Å². The zero-order chi connectivity index (χ0) is 12.1. The molecule has 0 heterocycles. The lowest BCUT2D eigenvalue weighted by molar-refractivity contribution is -0.120. The molecule has 0 aliphatic carbocycles. The highest BCUT2D eigenvalue weighted by atomic mass is 16.1. The summed E-state index contributed by atoms with van der Waals surface area (Å²) in [4.78, 5) is 20.2. The largest absolute Gasteiger partial charge is 0.300 e. The fourth-order valence-electron chi connectivity index (χ4n) is 0.287. The molecule has 86 valence electrons. The van der Waals surface area contributed by atoms with E-state index >= 15 is 0 Å². The van der Waals surface area contributed by atoms with Gasteiger partial charge in [-0.25, -0.2) is 0 Å². The van der Waals surface area contributed by atoms with Gasteiger partial charge in [-0.15, -0.1) is 0 Å². The Morgan fingerprint density at radius 3 is 1.36 bits per heavy atom. The molecule has 0 radical (unpaired) electrons. The third kappa shape index (κ3) is 22.5. The van der Waals surface area contributed by atoms with Gasteiger partial charge < -0.3 is 4.79 Å². The molecule has 0 N–H and O–H groups in total. The molecule has 0 aliphatic heterocycles. The molecule has 0 fully saturated rings. The first kappa shape index (κ1) is 19.0. The predicted molar refractivity (Wildman–Crippen MR) is 62.5 cm³/mol. The van der Waals surface area contributed by atoms with Crippen LogP contribution in [0.25, 0.3) is 0 Å². The third-order valence-corrected chi connectivity index (χ3v) is 1.80. The lowest BCUT2D eigenvalue weighted by Gasteiger charge is -1.98. The van der Waals surface area contributed by atoms with E-state index in [0.717, 1.165) is 6.42 Å². The molecule has 2 heteroatoms. The highest BCUT2D eigenvalue weighted by molar-refractivity contribution is 5.77. The minimum absolute atomic E-state index is 0.255. The van der Waals surface area contributed by atoms with E-state index in [9.17, 15) is 9.59 Å². The number of carbonyl (C=O) groups excluding carboxylic acids is 2. The molecule has 1 unspecified atom stereocenters. The average Bonchev–Trinajstić information content (AvgIpc) is 2.20. The van der Waals surface area contributed by atoms with E-state index in [2.05, 4.69) is 0 Å². The van der Waals surface area contributed by atoms with Crippen LogP contribution in [0.1, 0.15) is 61.3 Å². The second-order valence-corrected chi connectivity index (χ2v) is 2.98. The second kappa shape index (κ2) is 14.8. The van der Waals surface area contributed by atoms with Crippen molar-refractivity contribution in [1.82, 2.24) is 0 Å². The molecule has 0 aliphatic rings. The normalized spacial score (nSPS) is 9.93. The smallest absolute Gasteiger partial charge is 0.132 e. The Labute approximate surface area is 89.1 Å². The minimum atomic E-state index is 0.255. The van der Waals surface area contributed by atoms with Crippen LogP contribution in [0.2, 0.25) is 0 Å². The van der Waals surface area contributed by atoms with Crippen molar-refractivity contribution >= 4 is 11.6 Å². The van der Waals surface area contributed by atoms with E-state index in [1.165, 1.54) is 0 Å². The van der Waals surface area contributed by atoms with Crippen LogP contribution in [0.4, 0.5) is 0 Å². The Hall–Kier alpha value is -0.660. The summed E-state index contributed by atoms with van der Waals surface area (Å²) in [5, 5.41) is 0. The fraction of sp³-hybridized carbons (Fsp3) is 0.833. The number of carbonyl (C=O) groups is 2. The third-order valence-electron chi connectivity index (χ3n) is 1.80. The van der Waals surface area contributed by atoms with Crippen LogP contribution < -0.4 is 0 Å². The standard InChI is InChI=1S/C6H12O.C4H8O.C2H6/c1-4-5(2)6(3)7;1-3-4(2)5;1-2/h5H,4H2,1-3H3;3H2,1-2H3;1-2H3. The van der Waals surface area contributed by atoms with E-state index in [-0.39, 0.29) is 11.7 Å². The van der Waals surface area contributed by atoms with Gasteiger partial charge >= 0.3 is 0 Å². The molecule has 0 rings (SSSR count).